The van der Waals surface area contributed by atoms with E-state index in [0.29, 0.717) is 24.4 Å². The van der Waals surface area contributed by atoms with Crippen LogP contribution < -0.4 is 15.4 Å². The van der Waals surface area contributed by atoms with E-state index in [0.717, 1.165) is 11.3 Å². The number of fused-ring (bicyclic) bond motifs is 1. The lowest BCUT2D eigenvalue weighted by molar-refractivity contribution is 0.409. The predicted octanol–water partition coefficient (Wildman–Crippen LogP) is 2.25. The predicted molar refractivity (Wildman–Crippen MR) is 75.2 cm³/mol. The van der Waals surface area contributed by atoms with Crippen LogP contribution in [0.5, 0.6) is 5.75 Å². The Morgan fingerprint density at radius 3 is 2.95 bits per heavy atom. The van der Waals surface area contributed by atoms with Crippen molar-refractivity contribution >= 4 is 5.69 Å². The summed E-state index contributed by atoms with van der Waals surface area (Å²) in [4.78, 5) is 6.18. The zero-order chi connectivity index (χ0) is 14.1. The van der Waals surface area contributed by atoms with Crippen molar-refractivity contribution in [2.75, 3.05) is 18.6 Å². The minimum Gasteiger partial charge on any atom is -0.496 e. The Morgan fingerprint density at radius 2 is 2.30 bits per heavy atom. The summed E-state index contributed by atoms with van der Waals surface area (Å²) < 4.78 is 19.5. The molecule has 0 spiro atoms. The standard InChI is InChI=1S/C15H16FN3O/c1-20-14-5-4-12(16)15-11(14)9-19(13(15)7-17)10-3-2-6-18-8-10/h2-6,8,13H,7,9,17H2,1H3. The highest BCUT2D eigenvalue weighted by atomic mass is 19.1. The van der Waals surface area contributed by atoms with Gasteiger partial charge in [0.25, 0.3) is 0 Å². The Labute approximate surface area is 117 Å². The fourth-order valence-electron chi connectivity index (χ4n) is 2.81. The van der Waals surface area contributed by atoms with Crippen molar-refractivity contribution < 1.29 is 9.13 Å². The molecule has 0 aliphatic carbocycles. The molecule has 1 aliphatic rings. The van der Waals surface area contributed by atoms with Crippen LogP contribution in [0.25, 0.3) is 0 Å². The summed E-state index contributed by atoms with van der Waals surface area (Å²) in [6.45, 7) is 0.913. The third-order valence-corrected chi connectivity index (χ3v) is 3.72. The van der Waals surface area contributed by atoms with Crippen molar-refractivity contribution in [3.63, 3.8) is 0 Å². The van der Waals surface area contributed by atoms with Gasteiger partial charge in [-0.2, -0.15) is 0 Å². The van der Waals surface area contributed by atoms with Crippen molar-refractivity contribution in [3.05, 3.63) is 53.6 Å². The Kier molecular flexibility index (Phi) is 3.28. The van der Waals surface area contributed by atoms with E-state index in [1.54, 1.807) is 25.6 Å². The van der Waals surface area contributed by atoms with Gasteiger partial charge in [-0.1, -0.05) is 0 Å². The van der Waals surface area contributed by atoms with E-state index in [1.807, 2.05) is 12.1 Å². The van der Waals surface area contributed by atoms with Gasteiger partial charge in [-0.15, -0.1) is 0 Å². The highest BCUT2D eigenvalue weighted by Crippen LogP contribution is 2.41. The second-order valence-electron chi connectivity index (χ2n) is 4.73. The van der Waals surface area contributed by atoms with E-state index in [4.69, 9.17) is 10.5 Å². The van der Waals surface area contributed by atoms with Gasteiger partial charge >= 0.3 is 0 Å². The molecule has 104 valence electrons. The number of anilines is 1. The van der Waals surface area contributed by atoms with E-state index in [2.05, 4.69) is 9.88 Å². The first-order valence-electron chi connectivity index (χ1n) is 6.48. The van der Waals surface area contributed by atoms with Crippen LogP contribution in [-0.4, -0.2) is 18.6 Å². The van der Waals surface area contributed by atoms with Crippen molar-refractivity contribution in [1.29, 1.82) is 0 Å². The van der Waals surface area contributed by atoms with Gasteiger partial charge in [-0.25, -0.2) is 4.39 Å². The molecular weight excluding hydrogens is 257 g/mol. The molecule has 0 fully saturated rings. The molecule has 2 heterocycles. The van der Waals surface area contributed by atoms with E-state index in [-0.39, 0.29) is 11.9 Å². The Hall–Kier alpha value is -2.14. The molecule has 2 aromatic rings. The fourth-order valence-corrected chi connectivity index (χ4v) is 2.81. The Balaban J connectivity index is 2.09. The third kappa shape index (κ3) is 1.91. The number of nitrogens with zero attached hydrogens (tertiary/aromatic N) is 2. The first-order valence-corrected chi connectivity index (χ1v) is 6.48. The number of nitrogens with two attached hydrogens (primary N) is 1. The van der Waals surface area contributed by atoms with Crippen molar-refractivity contribution in [1.82, 2.24) is 4.98 Å². The quantitative estimate of drug-likeness (QED) is 0.932. The van der Waals surface area contributed by atoms with E-state index < -0.39 is 0 Å². The summed E-state index contributed by atoms with van der Waals surface area (Å²) in [6, 6.07) is 6.72. The van der Waals surface area contributed by atoms with Crippen LogP contribution >= 0.6 is 0 Å². The lowest BCUT2D eigenvalue weighted by Crippen LogP contribution is -2.28. The van der Waals surface area contributed by atoms with Crippen LogP contribution in [0.2, 0.25) is 0 Å². The highest BCUT2D eigenvalue weighted by molar-refractivity contribution is 5.57. The zero-order valence-electron chi connectivity index (χ0n) is 11.2. The van der Waals surface area contributed by atoms with Crippen LogP contribution in [0.15, 0.2) is 36.7 Å². The van der Waals surface area contributed by atoms with E-state index in [1.165, 1.54) is 6.07 Å². The number of ether oxygens (including phenoxy) is 1. The largest absolute Gasteiger partial charge is 0.496 e. The molecule has 1 aromatic heterocycles. The molecule has 0 bridgehead atoms. The minimum atomic E-state index is -0.234. The molecule has 1 aromatic carbocycles. The molecule has 0 radical (unpaired) electrons. The van der Waals surface area contributed by atoms with Gasteiger partial charge in [0, 0.05) is 30.4 Å². The Morgan fingerprint density at radius 1 is 1.45 bits per heavy atom. The van der Waals surface area contributed by atoms with Crippen molar-refractivity contribution in [3.8, 4) is 5.75 Å². The van der Waals surface area contributed by atoms with Gasteiger partial charge in [-0.05, 0) is 24.3 Å². The maximum Gasteiger partial charge on any atom is 0.129 e. The molecular formula is C15H16FN3O. The topological polar surface area (TPSA) is 51.4 Å². The summed E-state index contributed by atoms with van der Waals surface area (Å²) in [5, 5.41) is 0. The van der Waals surface area contributed by atoms with Crippen LogP contribution in [0, 0.1) is 5.82 Å². The molecule has 0 saturated heterocycles. The summed E-state index contributed by atoms with van der Waals surface area (Å²) in [7, 11) is 1.59. The number of hydrogen-bond acceptors (Lipinski definition) is 4. The second kappa shape index (κ2) is 5.09. The van der Waals surface area contributed by atoms with Gasteiger partial charge in [0.05, 0.1) is 25.0 Å². The maximum absolute atomic E-state index is 14.2. The van der Waals surface area contributed by atoms with Gasteiger partial charge in [0.2, 0.25) is 0 Å². The van der Waals surface area contributed by atoms with Crippen LogP contribution in [-0.2, 0) is 6.54 Å². The smallest absolute Gasteiger partial charge is 0.129 e. The molecule has 4 nitrogen and oxygen atoms in total. The van der Waals surface area contributed by atoms with Gasteiger partial charge in [0.1, 0.15) is 11.6 Å². The molecule has 0 saturated carbocycles. The van der Waals surface area contributed by atoms with E-state index >= 15 is 0 Å². The number of methoxy groups -OCH3 is 1. The summed E-state index contributed by atoms with van der Waals surface area (Å²) in [6.07, 6.45) is 3.48. The molecule has 2 N–H and O–H groups in total. The zero-order valence-corrected chi connectivity index (χ0v) is 11.2. The average molecular weight is 273 g/mol. The fraction of sp³-hybridized carbons (Fsp3) is 0.267. The minimum absolute atomic E-state index is 0.190. The molecule has 1 aliphatic heterocycles. The van der Waals surface area contributed by atoms with Crippen molar-refractivity contribution in [2.45, 2.75) is 12.6 Å². The molecule has 20 heavy (non-hydrogen) atoms. The van der Waals surface area contributed by atoms with Gasteiger partial charge in [-0.3, -0.25) is 4.98 Å². The molecule has 3 rings (SSSR count). The number of aromatic nitrogens is 1. The first-order chi connectivity index (χ1) is 9.76. The molecule has 1 unspecified atom stereocenters. The number of benzene rings is 1. The summed E-state index contributed by atoms with van der Waals surface area (Å²) in [5.41, 5.74) is 8.30. The van der Waals surface area contributed by atoms with Gasteiger partial charge < -0.3 is 15.4 Å². The first kappa shape index (κ1) is 12.9. The molecule has 5 heteroatoms. The average Bonchev–Trinajstić information content (AvgIpc) is 2.89. The normalized spacial score (nSPS) is 17.1. The maximum atomic E-state index is 14.2. The SMILES string of the molecule is COc1ccc(F)c2c1CN(c1cccnc1)C2CN. The molecule has 0 amide bonds. The van der Waals surface area contributed by atoms with Gasteiger partial charge in [0.15, 0.2) is 0 Å². The summed E-state index contributed by atoms with van der Waals surface area (Å²) >= 11 is 0. The van der Waals surface area contributed by atoms with E-state index in [9.17, 15) is 4.39 Å². The Bertz CT molecular complexity index is 618. The second-order valence-corrected chi connectivity index (χ2v) is 4.73. The number of rotatable bonds is 3. The van der Waals surface area contributed by atoms with Crippen molar-refractivity contribution in [2.24, 2.45) is 5.73 Å². The number of pyridine rings is 1. The summed E-state index contributed by atoms with van der Waals surface area (Å²) in [5.74, 6) is 0.467. The number of halogens is 1. The monoisotopic (exact) mass is 273 g/mol. The lowest BCUT2D eigenvalue weighted by atomic mass is 10.0. The lowest BCUT2D eigenvalue weighted by Gasteiger charge is -2.25. The third-order valence-electron chi connectivity index (χ3n) is 3.72. The van der Waals surface area contributed by atoms with Crippen LogP contribution in [0.4, 0.5) is 10.1 Å². The van der Waals surface area contributed by atoms with Crippen LogP contribution in [0.3, 0.4) is 0 Å². The highest BCUT2D eigenvalue weighted by Gasteiger charge is 2.34. The number of hydrogen-bond donors (Lipinski definition) is 1. The molecule has 1 atom stereocenters. The van der Waals surface area contributed by atoms with Crippen LogP contribution in [0.1, 0.15) is 17.2 Å².